The molecule has 5 nitrogen and oxygen atoms in total. The molecular weight excluding hydrogens is 204 g/mol. The number of piperidine rings is 1. The second kappa shape index (κ2) is 4.65. The highest BCUT2D eigenvalue weighted by Gasteiger charge is 2.18. The molecule has 5 heteroatoms. The third-order valence-electron chi connectivity index (χ3n) is 3.15. The Balaban J connectivity index is 1.99. The summed E-state index contributed by atoms with van der Waals surface area (Å²) in [4.78, 5) is 12.0. The van der Waals surface area contributed by atoms with Crippen molar-refractivity contribution in [2.75, 3.05) is 13.1 Å². The summed E-state index contributed by atoms with van der Waals surface area (Å²) in [5.74, 6) is -0.00231. The molecule has 0 aliphatic carbocycles. The van der Waals surface area contributed by atoms with Crippen molar-refractivity contribution < 1.29 is 4.79 Å². The summed E-state index contributed by atoms with van der Waals surface area (Å²) in [5.41, 5.74) is 1.59. The Hall–Kier alpha value is -1.36. The fraction of sp³-hybridized carbons (Fsp3) is 0.636. The van der Waals surface area contributed by atoms with Crippen LogP contribution in [0.15, 0.2) is 6.20 Å². The van der Waals surface area contributed by atoms with Crippen LogP contribution in [0.3, 0.4) is 0 Å². The van der Waals surface area contributed by atoms with Crippen molar-refractivity contribution in [3.05, 3.63) is 17.5 Å². The molecule has 1 aliphatic rings. The molecule has 2 N–H and O–H groups in total. The molecule has 1 amide bonds. The Morgan fingerprint density at radius 2 is 2.25 bits per heavy atom. The van der Waals surface area contributed by atoms with Crippen LogP contribution in [0, 0.1) is 6.92 Å². The van der Waals surface area contributed by atoms with Crippen LogP contribution in [0.1, 0.15) is 28.9 Å². The first-order valence-corrected chi connectivity index (χ1v) is 5.68. The van der Waals surface area contributed by atoms with Crippen LogP contribution in [-0.2, 0) is 7.05 Å². The van der Waals surface area contributed by atoms with Gasteiger partial charge in [0.2, 0.25) is 0 Å². The molecule has 1 aliphatic heterocycles. The normalized spacial score (nSPS) is 17.4. The van der Waals surface area contributed by atoms with Crippen LogP contribution in [0.25, 0.3) is 0 Å². The summed E-state index contributed by atoms with van der Waals surface area (Å²) in [7, 11) is 1.84. The Labute approximate surface area is 95.2 Å². The van der Waals surface area contributed by atoms with Crippen molar-refractivity contribution in [3.8, 4) is 0 Å². The van der Waals surface area contributed by atoms with Gasteiger partial charge >= 0.3 is 0 Å². The van der Waals surface area contributed by atoms with E-state index in [0.717, 1.165) is 31.6 Å². The predicted molar refractivity (Wildman–Crippen MR) is 61.3 cm³/mol. The molecule has 2 rings (SSSR count). The second-order valence-corrected chi connectivity index (χ2v) is 4.26. The number of carbonyl (C=O) groups excluding carboxylic acids is 1. The summed E-state index contributed by atoms with van der Waals surface area (Å²) in [6, 6.07) is 0.299. The second-order valence-electron chi connectivity index (χ2n) is 4.26. The monoisotopic (exact) mass is 222 g/mol. The van der Waals surface area contributed by atoms with Gasteiger partial charge in [0.05, 0.1) is 11.8 Å². The van der Waals surface area contributed by atoms with Gasteiger partial charge in [-0.1, -0.05) is 0 Å². The maximum atomic E-state index is 12.0. The zero-order valence-corrected chi connectivity index (χ0v) is 9.79. The molecule has 0 radical (unpaired) electrons. The van der Waals surface area contributed by atoms with E-state index in [2.05, 4.69) is 15.7 Å². The SMILES string of the molecule is Cc1c(C(=O)NC2CCNCC2)cnn1C. The molecule has 1 fully saturated rings. The minimum absolute atomic E-state index is 0.00231. The first-order chi connectivity index (χ1) is 7.68. The number of amides is 1. The molecule has 0 bridgehead atoms. The summed E-state index contributed by atoms with van der Waals surface area (Å²) in [6.07, 6.45) is 3.64. The zero-order chi connectivity index (χ0) is 11.5. The number of rotatable bonds is 2. The number of hydrogen-bond acceptors (Lipinski definition) is 3. The van der Waals surface area contributed by atoms with E-state index < -0.39 is 0 Å². The van der Waals surface area contributed by atoms with E-state index in [-0.39, 0.29) is 5.91 Å². The van der Waals surface area contributed by atoms with E-state index >= 15 is 0 Å². The Bertz CT molecular complexity index is 379. The van der Waals surface area contributed by atoms with E-state index in [1.165, 1.54) is 0 Å². The quantitative estimate of drug-likeness (QED) is 0.752. The van der Waals surface area contributed by atoms with Crippen molar-refractivity contribution in [2.24, 2.45) is 7.05 Å². The molecular formula is C11H18N4O. The lowest BCUT2D eigenvalue weighted by atomic mass is 10.1. The Morgan fingerprint density at radius 3 is 2.81 bits per heavy atom. The van der Waals surface area contributed by atoms with Gasteiger partial charge < -0.3 is 10.6 Å². The topological polar surface area (TPSA) is 59.0 Å². The standard InChI is InChI=1S/C11H18N4O/c1-8-10(7-13-15(8)2)11(16)14-9-3-5-12-6-4-9/h7,9,12H,3-6H2,1-2H3,(H,14,16). The van der Waals surface area contributed by atoms with E-state index in [1.807, 2.05) is 14.0 Å². The largest absolute Gasteiger partial charge is 0.349 e. The molecule has 0 unspecified atom stereocenters. The minimum Gasteiger partial charge on any atom is -0.349 e. The predicted octanol–water partition coefficient (Wildman–Crippen LogP) is 0.210. The number of hydrogen-bond donors (Lipinski definition) is 2. The highest BCUT2D eigenvalue weighted by molar-refractivity contribution is 5.95. The van der Waals surface area contributed by atoms with E-state index in [1.54, 1.807) is 10.9 Å². The summed E-state index contributed by atoms with van der Waals surface area (Å²) < 4.78 is 1.72. The third kappa shape index (κ3) is 2.24. The smallest absolute Gasteiger partial charge is 0.254 e. The van der Waals surface area contributed by atoms with E-state index in [9.17, 15) is 4.79 Å². The van der Waals surface area contributed by atoms with Gasteiger partial charge in [0.15, 0.2) is 0 Å². The van der Waals surface area contributed by atoms with Gasteiger partial charge in [-0.3, -0.25) is 9.48 Å². The van der Waals surface area contributed by atoms with Gasteiger partial charge in [0, 0.05) is 18.8 Å². The van der Waals surface area contributed by atoms with Crippen LogP contribution in [0.2, 0.25) is 0 Å². The van der Waals surface area contributed by atoms with Gasteiger partial charge in [0.25, 0.3) is 5.91 Å². The van der Waals surface area contributed by atoms with Gasteiger partial charge in [0.1, 0.15) is 0 Å². The van der Waals surface area contributed by atoms with Crippen LogP contribution in [-0.4, -0.2) is 34.8 Å². The summed E-state index contributed by atoms with van der Waals surface area (Å²) in [5, 5.41) is 10.4. The van der Waals surface area contributed by atoms with Crippen molar-refractivity contribution in [1.82, 2.24) is 20.4 Å². The van der Waals surface area contributed by atoms with Crippen molar-refractivity contribution in [3.63, 3.8) is 0 Å². The van der Waals surface area contributed by atoms with Crippen LogP contribution < -0.4 is 10.6 Å². The van der Waals surface area contributed by atoms with Gasteiger partial charge in [-0.25, -0.2) is 0 Å². The van der Waals surface area contributed by atoms with Crippen LogP contribution in [0.5, 0.6) is 0 Å². The maximum Gasteiger partial charge on any atom is 0.254 e. The molecule has 1 aromatic heterocycles. The van der Waals surface area contributed by atoms with Gasteiger partial charge in [-0.05, 0) is 32.9 Å². The van der Waals surface area contributed by atoms with Gasteiger partial charge in [-0.2, -0.15) is 5.10 Å². The lowest BCUT2D eigenvalue weighted by molar-refractivity contribution is 0.0929. The third-order valence-corrected chi connectivity index (χ3v) is 3.15. The fourth-order valence-electron chi connectivity index (χ4n) is 1.95. The van der Waals surface area contributed by atoms with Gasteiger partial charge in [-0.15, -0.1) is 0 Å². The first kappa shape index (κ1) is 11.1. The Morgan fingerprint density at radius 1 is 1.56 bits per heavy atom. The molecule has 88 valence electrons. The number of aryl methyl sites for hydroxylation is 1. The molecule has 0 aromatic carbocycles. The van der Waals surface area contributed by atoms with Crippen LogP contribution in [0.4, 0.5) is 0 Å². The van der Waals surface area contributed by atoms with E-state index in [0.29, 0.717) is 11.6 Å². The maximum absolute atomic E-state index is 12.0. The van der Waals surface area contributed by atoms with Crippen LogP contribution >= 0.6 is 0 Å². The molecule has 0 spiro atoms. The number of carbonyl (C=O) groups is 1. The summed E-state index contributed by atoms with van der Waals surface area (Å²) >= 11 is 0. The lowest BCUT2D eigenvalue weighted by Gasteiger charge is -2.23. The number of nitrogens with zero attached hydrogens (tertiary/aromatic N) is 2. The molecule has 16 heavy (non-hydrogen) atoms. The van der Waals surface area contributed by atoms with Crippen molar-refractivity contribution >= 4 is 5.91 Å². The average molecular weight is 222 g/mol. The van der Waals surface area contributed by atoms with Crippen molar-refractivity contribution in [2.45, 2.75) is 25.8 Å². The lowest BCUT2D eigenvalue weighted by Crippen LogP contribution is -2.42. The molecule has 0 saturated carbocycles. The first-order valence-electron chi connectivity index (χ1n) is 5.68. The molecule has 1 aromatic rings. The Kier molecular flexibility index (Phi) is 3.24. The zero-order valence-electron chi connectivity index (χ0n) is 9.79. The van der Waals surface area contributed by atoms with Crippen molar-refractivity contribution in [1.29, 1.82) is 0 Å². The molecule has 2 heterocycles. The summed E-state index contributed by atoms with van der Waals surface area (Å²) in [6.45, 7) is 3.87. The highest BCUT2D eigenvalue weighted by Crippen LogP contribution is 2.08. The molecule has 1 saturated heterocycles. The minimum atomic E-state index is -0.00231. The average Bonchev–Trinajstić information content (AvgIpc) is 2.61. The number of aromatic nitrogens is 2. The number of nitrogens with one attached hydrogen (secondary N) is 2. The van der Waals surface area contributed by atoms with E-state index in [4.69, 9.17) is 0 Å². The molecule has 0 atom stereocenters. The fourth-order valence-corrected chi connectivity index (χ4v) is 1.95. The highest BCUT2D eigenvalue weighted by atomic mass is 16.1.